The van der Waals surface area contributed by atoms with Gasteiger partial charge in [0.15, 0.2) is 0 Å². The van der Waals surface area contributed by atoms with E-state index in [4.69, 9.17) is 16.3 Å². The molecule has 0 spiro atoms. The topological polar surface area (TPSA) is 48.8 Å². The zero-order valence-corrected chi connectivity index (χ0v) is 12.6. The first-order chi connectivity index (χ1) is 9.63. The number of nitrogens with zero attached hydrogens (tertiary/aromatic N) is 3. The summed E-state index contributed by atoms with van der Waals surface area (Å²) in [6, 6.07) is 3.79. The van der Waals surface area contributed by atoms with Gasteiger partial charge in [0.05, 0.1) is 19.3 Å². The van der Waals surface area contributed by atoms with Crippen molar-refractivity contribution in [1.82, 2.24) is 14.8 Å². The highest BCUT2D eigenvalue weighted by atomic mass is 35.5. The predicted octanol–water partition coefficient (Wildman–Crippen LogP) is 0.860. The van der Waals surface area contributed by atoms with E-state index in [0.717, 1.165) is 38.4 Å². The summed E-state index contributed by atoms with van der Waals surface area (Å²) in [7, 11) is 2.00. The van der Waals surface area contributed by atoms with Crippen LogP contribution in [-0.4, -0.2) is 72.4 Å². The highest BCUT2D eigenvalue weighted by molar-refractivity contribution is 6.29. The summed E-state index contributed by atoms with van der Waals surface area (Å²) < 4.78 is 5.30. The van der Waals surface area contributed by atoms with Gasteiger partial charge in [0.2, 0.25) is 0 Å². The van der Waals surface area contributed by atoms with Gasteiger partial charge in [-0.25, -0.2) is 4.98 Å². The standard InChI is InChI=1S/C14H22ClN3O2/c1-17(9-12-2-3-16-14(15)8-12)10-13(19)11-18-4-6-20-7-5-18/h2-3,8,13,19H,4-7,9-11H2,1H3. The zero-order valence-electron chi connectivity index (χ0n) is 11.8. The van der Waals surface area contributed by atoms with Gasteiger partial charge in [-0.05, 0) is 24.7 Å². The fraction of sp³-hybridized carbons (Fsp3) is 0.643. The molecule has 2 rings (SSSR count). The zero-order chi connectivity index (χ0) is 14.4. The lowest BCUT2D eigenvalue weighted by Gasteiger charge is -2.30. The molecule has 0 bridgehead atoms. The molecule has 1 aromatic rings. The Morgan fingerprint density at radius 3 is 2.95 bits per heavy atom. The summed E-state index contributed by atoms with van der Waals surface area (Å²) in [5, 5.41) is 10.6. The van der Waals surface area contributed by atoms with Crippen LogP contribution in [0.5, 0.6) is 0 Å². The van der Waals surface area contributed by atoms with Gasteiger partial charge in [0, 0.05) is 38.9 Å². The number of likely N-dealkylation sites (N-methyl/N-ethyl adjacent to an activating group) is 1. The third-order valence-electron chi connectivity index (χ3n) is 3.34. The Bertz CT molecular complexity index is 413. The maximum Gasteiger partial charge on any atom is 0.129 e. The van der Waals surface area contributed by atoms with Crippen molar-refractivity contribution in [3.8, 4) is 0 Å². The molecule has 1 saturated heterocycles. The second-order valence-corrected chi connectivity index (χ2v) is 5.64. The van der Waals surface area contributed by atoms with Crippen molar-refractivity contribution < 1.29 is 9.84 Å². The molecule has 1 aliphatic rings. The van der Waals surface area contributed by atoms with Crippen molar-refractivity contribution in [3.63, 3.8) is 0 Å². The fourth-order valence-corrected chi connectivity index (χ4v) is 2.61. The fourth-order valence-electron chi connectivity index (χ4n) is 2.42. The highest BCUT2D eigenvalue weighted by Gasteiger charge is 2.16. The molecular formula is C14H22ClN3O2. The van der Waals surface area contributed by atoms with E-state index in [1.54, 1.807) is 6.20 Å². The van der Waals surface area contributed by atoms with Gasteiger partial charge in [-0.3, -0.25) is 9.80 Å². The average molecular weight is 300 g/mol. The number of hydrogen-bond acceptors (Lipinski definition) is 5. The van der Waals surface area contributed by atoms with Gasteiger partial charge in [0.25, 0.3) is 0 Å². The van der Waals surface area contributed by atoms with E-state index in [1.807, 2.05) is 19.2 Å². The van der Waals surface area contributed by atoms with Crippen LogP contribution in [0.15, 0.2) is 18.3 Å². The number of aromatic nitrogens is 1. The molecule has 1 unspecified atom stereocenters. The van der Waals surface area contributed by atoms with Crippen molar-refractivity contribution in [3.05, 3.63) is 29.0 Å². The van der Waals surface area contributed by atoms with Gasteiger partial charge in [-0.2, -0.15) is 0 Å². The van der Waals surface area contributed by atoms with Gasteiger partial charge < -0.3 is 9.84 Å². The molecule has 20 heavy (non-hydrogen) atoms. The molecule has 0 amide bonds. The number of ether oxygens (including phenoxy) is 1. The molecule has 6 heteroatoms. The number of pyridine rings is 1. The Hall–Kier alpha value is -0.720. The average Bonchev–Trinajstić information content (AvgIpc) is 2.39. The van der Waals surface area contributed by atoms with E-state index in [0.29, 0.717) is 18.2 Å². The number of β-amino-alcohol motifs (C(OH)–C–C–N with tert-alkyl or cyclic N) is 1. The molecule has 1 fully saturated rings. The van der Waals surface area contributed by atoms with Crippen LogP contribution in [0.4, 0.5) is 0 Å². The van der Waals surface area contributed by atoms with Crippen molar-refractivity contribution in [1.29, 1.82) is 0 Å². The van der Waals surface area contributed by atoms with Crippen molar-refractivity contribution >= 4 is 11.6 Å². The van der Waals surface area contributed by atoms with E-state index in [2.05, 4.69) is 14.8 Å². The van der Waals surface area contributed by atoms with E-state index in [1.165, 1.54) is 0 Å². The van der Waals surface area contributed by atoms with E-state index >= 15 is 0 Å². The summed E-state index contributed by atoms with van der Waals surface area (Å²) in [5.74, 6) is 0. The molecule has 1 atom stereocenters. The first kappa shape index (κ1) is 15.7. The third-order valence-corrected chi connectivity index (χ3v) is 3.55. The lowest BCUT2D eigenvalue weighted by Crippen LogP contribution is -2.43. The van der Waals surface area contributed by atoms with Gasteiger partial charge in [0.1, 0.15) is 5.15 Å². The van der Waals surface area contributed by atoms with E-state index in [9.17, 15) is 5.11 Å². The van der Waals surface area contributed by atoms with Crippen LogP contribution >= 0.6 is 11.6 Å². The largest absolute Gasteiger partial charge is 0.390 e. The molecule has 1 aliphatic heterocycles. The number of aliphatic hydroxyl groups is 1. The Morgan fingerprint density at radius 1 is 1.50 bits per heavy atom. The van der Waals surface area contributed by atoms with E-state index in [-0.39, 0.29) is 6.10 Å². The Morgan fingerprint density at radius 2 is 2.25 bits per heavy atom. The summed E-state index contributed by atoms with van der Waals surface area (Å²) in [6.07, 6.45) is 1.35. The minimum absolute atomic E-state index is 0.351. The molecule has 0 radical (unpaired) electrons. The SMILES string of the molecule is CN(Cc1ccnc(Cl)c1)CC(O)CN1CCOCC1. The molecule has 0 aromatic carbocycles. The molecule has 1 N–H and O–H groups in total. The summed E-state index contributed by atoms with van der Waals surface area (Å²) in [5.41, 5.74) is 1.10. The van der Waals surface area contributed by atoms with Crippen LogP contribution in [0.1, 0.15) is 5.56 Å². The van der Waals surface area contributed by atoms with Crippen LogP contribution in [0.25, 0.3) is 0 Å². The Kier molecular flexibility index (Phi) is 6.19. The van der Waals surface area contributed by atoms with E-state index < -0.39 is 0 Å². The molecular weight excluding hydrogens is 278 g/mol. The highest BCUT2D eigenvalue weighted by Crippen LogP contribution is 2.09. The monoisotopic (exact) mass is 299 g/mol. The lowest BCUT2D eigenvalue weighted by molar-refractivity contribution is 0.00825. The quantitative estimate of drug-likeness (QED) is 0.790. The second kappa shape index (κ2) is 7.90. The molecule has 1 aromatic heterocycles. The maximum absolute atomic E-state index is 10.1. The van der Waals surface area contributed by atoms with Crippen LogP contribution in [-0.2, 0) is 11.3 Å². The maximum atomic E-state index is 10.1. The van der Waals surface area contributed by atoms with Crippen LogP contribution in [0.3, 0.4) is 0 Å². The number of aliphatic hydroxyl groups excluding tert-OH is 1. The predicted molar refractivity (Wildman–Crippen MR) is 78.8 cm³/mol. The van der Waals surface area contributed by atoms with Crippen molar-refractivity contribution in [2.24, 2.45) is 0 Å². The molecule has 5 nitrogen and oxygen atoms in total. The first-order valence-corrected chi connectivity index (χ1v) is 7.28. The smallest absolute Gasteiger partial charge is 0.129 e. The second-order valence-electron chi connectivity index (χ2n) is 5.25. The Labute approximate surface area is 125 Å². The Balaban J connectivity index is 1.74. The molecule has 0 aliphatic carbocycles. The van der Waals surface area contributed by atoms with Crippen LogP contribution in [0, 0.1) is 0 Å². The third kappa shape index (κ3) is 5.34. The number of halogens is 1. The summed E-state index contributed by atoms with van der Waals surface area (Å²) in [6.45, 7) is 5.42. The number of rotatable bonds is 6. The van der Waals surface area contributed by atoms with Gasteiger partial charge >= 0.3 is 0 Å². The van der Waals surface area contributed by atoms with Crippen LogP contribution < -0.4 is 0 Å². The number of hydrogen-bond donors (Lipinski definition) is 1. The van der Waals surface area contributed by atoms with Gasteiger partial charge in [-0.1, -0.05) is 11.6 Å². The van der Waals surface area contributed by atoms with Crippen molar-refractivity contribution in [2.45, 2.75) is 12.6 Å². The normalized spacial score (nSPS) is 18.4. The first-order valence-electron chi connectivity index (χ1n) is 6.90. The summed E-state index contributed by atoms with van der Waals surface area (Å²) >= 11 is 5.87. The number of morpholine rings is 1. The molecule has 0 saturated carbocycles. The molecule has 112 valence electrons. The minimum Gasteiger partial charge on any atom is -0.390 e. The van der Waals surface area contributed by atoms with Gasteiger partial charge in [-0.15, -0.1) is 0 Å². The minimum atomic E-state index is -0.351. The van der Waals surface area contributed by atoms with Crippen LogP contribution in [0.2, 0.25) is 5.15 Å². The summed E-state index contributed by atoms with van der Waals surface area (Å²) in [4.78, 5) is 8.30. The van der Waals surface area contributed by atoms with Crippen molar-refractivity contribution in [2.75, 3.05) is 46.4 Å². The lowest BCUT2D eigenvalue weighted by atomic mass is 10.2. The molecule has 2 heterocycles.